The van der Waals surface area contributed by atoms with Crippen LogP contribution < -0.4 is 5.73 Å². The molecule has 0 bridgehead atoms. The van der Waals surface area contributed by atoms with Crippen LogP contribution in [0.15, 0.2) is 42.7 Å². The zero-order chi connectivity index (χ0) is 14.3. The van der Waals surface area contributed by atoms with Crippen molar-refractivity contribution in [1.29, 1.82) is 0 Å². The van der Waals surface area contributed by atoms with Crippen molar-refractivity contribution < 1.29 is 4.79 Å². The van der Waals surface area contributed by atoms with Crippen LogP contribution in [0.4, 0.5) is 0 Å². The van der Waals surface area contributed by atoms with Gasteiger partial charge in [0.25, 0.3) is 0 Å². The minimum Gasteiger partial charge on any atom is -0.366 e. The van der Waals surface area contributed by atoms with E-state index in [0.29, 0.717) is 10.6 Å². The molecule has 2 heterocycles. The summed E-state index contributed by atoms with van der Waals surface area (Å²) in [6.07, 6.45) is 3.17. The van der Waals surface area contributed by atoms with E-state index >= 15 is 0 Å². The van der Waals surface area contributed by atoms with E-state index in [1.807, 2.05) is 35.9 Å². The fourth-order valence-corrected chi connectivity index (χ4v) is 2.46. The molecule has 2 aromatic heterocycles. The molecule has 0 saturated heterocycles. The van der Waals surface area contributed by atoms with Crippen LogP contribution in [0, 0.1) is 0 Å². The minimum absolute atomic E-state index is 0.394. The Bertz CT molecular complexity index is 823. The molecule has 0 aliphatic carbocycles. The number of nitrogens with zero attached hydrogens (tertiary/aromatic N) is 2. The first-order valence-electron chi connectivity index (χ1n) is 6.06. The first-order valence-corrected chi connectivity index (χ1v) is 6.44. The van der Waals surface area contributed by atoms with E-state index in [2.05, 4.69) is 4.98 Å². The van der Waals surface area contributed by atoms with E-state index in [4.69, 9.17) is 17.3 Å². The van der Waals surface area contributed by atoms with Crippen LogP contribution in [0.2, 0.25) is 5.02 Å². The van der Waals surface area contributed by atoms with Gasteiger partial charge in [-0.1, -0.05) is 17.7 Å². The van der Waals surface area contributed by atoms with Gasteiger partial charge in [0.1, 0.15) is 0 Å². The van der Waals surface area contributed by atoms with Gasteiger partial charge in [-0.2, -0.15) is 0 Å². The van der Waals surface area contributed by atoms with Crippen molar-refractivity contribution in [3.8, 4) is 11.3 Å². The molecule has 4 nitrogen and oxygen atoms in total. The van der Waals surface area contributed by atoms with Crippen molar-refractivity contribution in [1.82, 2.24) is 9.55 Å². The number of nitrogens with two attached hydrogens (primary N) is 1. The third-order valence-corrected chi connectivity index (χ3v) is 3.56. The monoisotopic (exact) mass is 285 g/mol. The Hall–Kier alpha value is -2.33. The Labute approximate surface area is 120 Å². The van der Waals surface area contributed by atoms with Gasteiger partial charge in [-0.25, -0.2) is 0 Å². The maximum atomic E-state index is 11.2. The van der Waals surface area contributed by atoms with Gasteiger partial charge >= 0.3 is 0 Å². The van der Waals surface area contributed by atoms with Crippen LogP contribution in [0.3, 0.4) is 0 Å². The lowest BCUT2D eigenvalue weighted by Crippen LogP contribution is -2.11. The zero-order valence-electron chi connectivity index (χ0n) is 10.8. The second-order valence-electron chi connectivity index (χ2n) is 4.62. The highest BCUT2D eigenvalue weighted by molar-refractivity contribution is 6.31. The number of primary amides is 1. The number of fused-ring (bicyclic) bond motifs is 1. The molecule has 0 aliphatic heterocycles. The van der Waals surface area contributed by atoms with Crippen molar-refractivity contribution in [3.63, 3.8) is 0 Å². The van der Waals surface area contributed by atoms with Crippen molar-refractivity contribution in [3.05, 3.63) is 53.3 Å². The van der Waals surface area contributed by atoms with E-state index in [1.165, 1.54) is 6.20 Å². The summed E-state index contributed by atoms with van der Waals surface area (Å²) in [5.41, 5.74) is 8.51. The van der Waals surface area contributed by atoms with Gasteiger partial charge in [-0.3, -0.25) is 9.78 Å². The minimum atomic E-state index is -0.485. The molecule has 0 fully saturated rings. The van der Waals surface area contributed by atoms with E-state index in [0.717, 1.165) is 22.2 Å². The zero-order valence-corrected chi connectivity index (χ0v) is 11.6. The van der Waals surface area contributed by atoms with Gasteiger partial charge in [0.15, 0.2) is 0 Å². The molecule has 1 aromatic carbocycles. The predicted octanol–water partition coefficient (Wildman–Crippen LogP) is 2.99. The number of pyridine rings is 1. The normalized spacial score (nSPS) is 10.9. The number of aromatic nitrogens is 2. The third kappa shape index (κ3) is 2.04. The fraction of sp³-hybridized carbons (Fsp3) is 0.0667. The molecule has 0 saturated carbocycles. The largest absolute Gasteiger partial charge is 0.366 e. The standard InChI is InChI=1S/C15H12ClN3O/c1-19-13(5-9-2-3-12(16)6-14(9)19)10-4-11(15(17)20)8-18-7-10/h2-8H,1H3,(H2,17,20). The first-order chi connectivity index (χ1) is 9.56. The second kappa shape index (κ2) is 4.65. The first kappa shape index (κ1) is 12.7. The molecular formula is C15H12ClN3O. The topological polar surface area (TPSA) is 60.9 Å². The van der Waals surface area contributed by atoms with Crippen LogP contribution in [-0.2, 0) is 7.05 Å². The fourth-order valence-electron chi connectivity index (χ4n) is 2.29. The van der Waals surface area contributed by atoms with Crippen molar-refractivity contribution >= 4 is 28.4 Å². The average molecular weight is 286 g/mol. The van der Waals surface area contributed by atoms with E-state index in [1.54, 1.807) is 12.3 Å². The summed E-state index contributed by atoms with van der Waals surface area (Å²) in [6.45, 7) is 0. The maximum Gasteiger partial charge on any atom is 0.250 e. The number of hydrogen-bond acceptors (Lipinski definition) is 2. The molecule has 0 atom stereocenters. The molecule has 1 amide bonds. The molecule has 3 rings (SSSR count). The number of carbonyl (C=O) groups excluding carboxylic acids is 1. The van der Waals surface area contributed by atoms with Gasteiger partial charge in [-0.15, -0.1) is 0 Å². The lowest BCUT2D eigenvalue weighted by Gasteiger charge is -2.05. The number of benzene rings is 1. The van der Waals surface area contributed by atoms with Crippen molar-refractivity contribution in [2.45, 2.75) is 0 Å². The summed E-state index contributed by atoms with van der Waals surface area (Å²) in [5.74, 6) is -0.485. The van der Waals surface area contributed by atoms with Crippen molar-refractivity contribution in [2.75, 3.05) is 0 Å². The molecular weight excluding hydrogens is 274 g/mol. The lowest BCUT2D eigenvalue weighted by atomic mass is 10.1. The number of aryl methyl sites for hydroxylation is 1. The Morgan fingerprint density at radius 3 is 2.80 bits per heavy atom. The van der Waals surface area contributed by atoms with E-state index < -0.39 is 5.91 Å². The molecule has 3 aromatic rings. The molecule has 0 unspecified atom stereocenters. The summed E-state index contributed by atoms with van der Waals surface area (Å²) < 4.78 is 2.02. The molecule has 0 radical (unpaired) electrons. The Kier molecular flexibility index (Phi) is 2.95. The van der Waals surface area contributed by atoms with E-state index in [-0.39, 0.29) is 0 Å². The number of hydrogen-bond donors (Lipinski definition) is 1. The Morgan fingerprint density at radius 1 is 1.25 bits per heavy atom. The summed E-state index contributed by atoms with van der Waals surface area (Å²) in [6, 6.07) is 9.50. The molecule has 0 spiro atoms. The molecule has 0 aliphatic rings. The van der Waals surface area contributed by atoms with Gasteiger partial charge < -0.3 is 10.3 Å². The summed E-state index contributed by atoms with van der Waals surface area (Å²) in [7, 11) is 1.95. The number of amides is 1. The molecule has 5 heteroatoms. The number of halogens is 1. The number of rotatable bonds is 2. The number of carbonyl (C=O) groups is 1. The maximum absolute atomic E-state index is 11.2. The van der Waals surface area contributed by atoms with Crippen LogP contribution in [0.1, 0.15) is 10.4 Å². The smallest absolute Gasteiger partial charge is 0.250 e. The van der Waals surface area contributed by atoms with Crippen LogP contribution in [0.5, 0.6) is 0 Å². The van der Waals surface area contributed by atoms with Gasteiger partial charge in [0, 0.05) is 40.9 Å². The molecule has 100 valence electrons. The second-order valence-corrected chi connectivity index (χ2v) is 5.05. The highest BCUT2D eigenvalue weighted by atomic mass is 35.5. The molecule has 20 heavy (non-hydrogen) atoms. The van der Waals surface area contributed by atoms with E-state index in [9.17, 15) is 4.79 Å². The lowest BCUT2D eigenvalue weighted by molar-refractivity contribution is 0.1000. The highest BCUT2D eigenvalue weighted by Gasteiger charge is 2.10. The third-order valence-electron chi connectivity index (χ3n) is 3.33. The van der Waals surface area contributed by atoms with Gasteiger partial charge in [0.2, 0.25) is 5.91 Å². The quantitative estimate of drug-likeness (QED) is 0.787. The summed E-state index contributed by atoms with van der Waals surface area (Å²) in [5, 5.41) is 1.77. The molecule has 2 N–H and O–H groups in total. The Morgan fingerprint density at radius 2 is 2.05 bits per heavy atom. The van der Waals surface area contributed by atoms with Crippen molar-refractivity contribution in [2.24, 2.45) is 12.8 Å². The van der Waals surface area contributed by atoms with Crippen LogP contribution in [-0.4, -0.2) is 15.5 Å². The Balaban J connectivity index is 2.22. The van der Waals surface area contributed by atoms with Crippen LogP contribution >= 0.6 is 11.6 Å². The average Bonchev–Trinajstić information content (AvgIpc) is 2.76. The SMILES string of the molecule is Cn1c(-c2cncc(C(N)=O)c2)cc2ccc(Cl)cc21. The van der Waals surface area contributed by atoms with Gasteiger partial charge in [0.05, 0.1) is 11.3 Å². The summed E-state index contributed by atoms with van der Waals surface area (Å²) in [4.78, 5) is 15.3. The predicted molar refractivity (Wildman–Crippen MR) is 79.7 cm³/mol. The summed E-state index contributed by atoms with van der Waals surface area (Å²) >= 11 is 6.03. The van der Waals surface area contributed by atoms with Gasteiger partial charge in [-0.05, 0) is 24.3 Å². The van der Waals surface area contributed by atoms with Crippen LogP contribution in [0.25, 0.3) is 22.2 Å². The highest BCUT2D eigenvalue weighted by Crippen LogP contribution is 2.28.